The Hall–Kier alpha value is 1.84. The van der Waals surface area contributed by atoms with Gasteiger partial charge in [0.05, 0.1) is 0 Å². The first-order chi connectivity index (χ1) is 1.73. The predicted octanol–water partition coefficient (Wildman–Crippen LogP) is 2.55. The van der Waals surface area contributed by atoms with Crippen LogP contribution in [0.1, 0.15) is 0 Å². The molecule has 0 amide bonds. The van der Waals surface area contributed by atoms with E-state index in [2.05, 4.69) is 0 Å². The average Bonchev–Trinajstić information content (AvgIpc) is 0.811. The van der Waals surface area contributed by atoms with Crippen molar-refractivity contribution in [2.24, 2.45) is 0 Å². The second-order valence-electron chi connectivity index (χ2n) is 0.192. The van der Waals surface area contributed by atoms with E-state index in [0.29, 0.717) is 0 Å². The van der Waals surface area contributed by atoms with Gasteiger partial charge in [-0.25, -0.2) is 0 Å². The van der Waals surface area contributed by atoms with Gasteiger partial charge in [0.2, 0.25) is 0 Å². The topological polar surface area (TPSA) is 0 Å². The van der Waals surface area contributed by atoms with Gasteiger partial charge >= 0.3 is 0 Å². The standard InChI is InChI=1S/Cl3P.Ge/c1-4(2)3;. The van der Waals surface area contributed by atoms with E-state index in [-0.39, 0.29) is 17.6 Å². The molecule has 0 aromatic carbocycles. The number of hydrogen-bond donors (Lipinski definition) is 0. The normalized spacial score (nSPS) is 7.20. The molecule has 5 heteroatoms. The quantitative estimate of drug-likeness (QED) is 0.425. The van der Waals surface area contributed by atoms with Crippen molar-refractivity contribution in [2.45, 2.75) is 0 Å². The Balaban J connectivity index is 0. The minimum absolute atomic E-state index is 0. The monoisotopic (exact) mass is 210 g/mol. The molecule has 0 saturated heterocycles. The maximum atomic E-state index is 4.87. The molecule has 5 heavy (non-hydrogen) atoms. The number of rotatable bonds is 0. The summed E-state index contributed by atoms with van der Waals surface area (Å²) in [6.07, 6.45) is 0. The van der Waals surface area contributed by atoms with Crippen LogP contribution in [0.2, 0.25) is 0 Å². The van der Waals surface area contributed by atoms with E-state index in [1.165, 1.54) is 0 Å². The SMILES string of the molecule is ClP(Cl)Cl.[Ge]. The van der Waals surface area contributed by atoms with Crippen LogP contribution in [0.25, 0.3) is 0 Å². The fourth-order valence-corrected chi connectivity index (χ4v) is 0. The zero-order valence-electron chi connectivity index (χ0n) is 2.08. The van der Waals surface area contributed by atoms with E-state index in [1.807, 2.05) is 0 Å². The molecular formula is Cl3GeP. The van der Waals surface area contributed by atoms with Crippen LogP contribution in [0.4, 0.5) is 0 Å². The first kappa shape index (κ1) is 9.96. The van der Waals surface area contributed by atoms with Crippen molar-refractivity contribution in [1.29, 1.82) is 0 Å². The van der Waals surface area contributed by atoms with E-state index in [4.69, 9.17) is 33.7 Å². The Bertz CT molecular complexity index is 11.6. The smallest absolute Gasteiger partial charge is 0.0596 e. The van der Waals surface area contributed by atoms with Crippen LogP contribution in [-0.4, -0.2) is 17.6 Å². The molecule has 0 bridgehead atoms. The van der Waals surface area contributed by atoms with Crippen molar-refractivity contribution < 1.29 is 0 Å². The second kappa shape index (κ2) is 5.84. The molecule has 0 spiro atoms. The van der Waals surface area contributed by atoms with Gasteiger partial charge in [-0.05, 0) is 0 Å². The Morgan fingerprint density at radius 1 is 1.00 bits per heavy atom. The number of hydrogen-bond acceptors (Lipinski definition) is 0. The summed E-state index contributed by atoms with van der Waals surface area (Å²) >= 11 is 14.6. The summed E-state index contributed by atoms with van der Waals surface area (Å²) in [5.41, 5.74) is 0. The van der Waals surface area contributed by atoms with Crippen LogP contribution in [0, 0.1) is 0 Å². The maximum Gasteiger partial charge on any atom is 0.179 e. The van der Waals surface area contributed by atoms with Gasteiger partial charge in [-0.1, -0.05) is 33.7 Å². The van der Waals surface area contributed by atoms with Crippen LogP contribution < -0.4 is 0 Å². The number of halogens is 3. The molecule has 0 nitrogen and oxygen atoms in total. The largest absolute Gasteiger partial charge is 0.179 e. The summed E-state index contributed by atoms with van der Waals surface area (Å²) in [7, 11) is 0. The van der Waals surface area contributed by atoms with Crippen molar-refractivity contribution in [2.75, 3.05) is 0 Å². The summed E-state index contributed by atoms with van der Waals surface area (Å²) < 4.78 is 0. The van der Waals surface area contributed by atoms with Crippen LogP contribution in [-0.2, 0) is 0 Å². The van der Waals surface area contributed by atoms with E-state index in [0.717, 1.165) is 0 Å². The fourth-order valence-electron chi connectivity index (χ4n) is 0. The molecule has 0 aromatic rings. The third-order valence-electron chi connectivity index (χ3n) is 0. The molecule has 4 radical (unpaired) electrons. The molecule has 0 saturated carbocycles. The van der Waals surface area contributed by atoms with Gasteiger partial charge in [-0.2, -0.15) is 0 Å². The molecule has 0 aromatic heterocycles. The maximum absolute atomic E-state index is 4.87. The Morgan fingerprint density at radius 2 is 1.00 bits per heavy atom. The fraction of sp³-hybridized carbons (Fsp3) is 0. The van der Waals surface area contributed by atoms with Crippen LogP contribution >= 0.6 is 39.7 Å². The van der Waals surface area contributed by atoms with Crippen molar-refractivity contribution in [3.8, 4) is 0 Å². The van der Waals surface area contributed by atoms with Gasteiger partial charge in [0.1, 0.15) is 0 Å². The van der Waals surface area contributed by atoms with Crippen molar-refractivity contribution in [3.05, 3.63) is 0 Å². The summed E-state index contributed by atoms with van der Waals surface area (Å²) in [5, 5.41) is 0. The predicted molar refractivity (Wildman–Crippen MR) is 30.2 cm³/mol. The molecule has 0 aliphatic carbocycles. The average molecular weight is 210 g/mol. The van der Waals surface area contributed by atoms with E-state index in [1.54, 1.807) is 0 Å². The molecule has 0 fully saturated rings. The van der Waals surface area contributed by atoms with Crippen molar-refractivity contribution in [3.63, 3.8) is 0 Å². The van der Waals surface area contributed by atoms with Crippen LogP contribution in [0.5, 0.6) is 0 Å². The molecule has 0 N–H and O–H groups in total. The Labute approximate surface area is 57.3 Å². The molecule has 0 heterocycles. The Kier molecular flexibility index (Phi) is 11.6. The summed E-state index contributed by atoms with van der Waals surface area (Å²) in [6.45, 7) is 0. The zero-order valence-corrected chi connectivity index (χ0v) is 7.34. The molecule has 0 aliphatic rings. The van der Waals surface area contributed by atoms with Gasteiger partial charge < -0.3 is 0 Å². The summed E-state index contributed by atoms with van der Waals surface area (Å²) in [6, 6.07) is 0. The molecule has 0 atom stereocenters. The molecule has 0 unspecified atom stereocenters. The molecule has 0 rings (SSSR count). The van der Waals surface area contributed by atoms with E-state index >= 15 is 0 Å². The second-order valence-corrected chi connectivity index (χ2v) is 5.17. The van der Waals surface area contributed by atoms with Gasteiger partial charge in [0, 0.05) is 17.6 Å². The first-order valence-corrected chi connectivity index (χ1v) is 4.56. The minimum Gasteiger partial charge on any atom is -0.0596 e. The van der Waals surface area contributed by atoms with E-state index < -0.39 is 5.98 Å². The Morgan fingerprint density at radius 3 is 1.00 bits per heavy atom. The molecule has 30 valence electrons. The van der Waals surface area contributed by atoms with Crippen LogP contribution in [0.15, 0.2) is 0 Å². The van der Waals surface area contributed by atoms with Gasteiger partial charge in [0.25, 0.3) is 0 Å². The first-order valence-electron chi connectivity index (χ1n) is 0.507. The summed E-state index contributed by atoms with van der Waals surface area (Å²) in [4.78, 5) is 0. The van der Waals surface area contributed by atoms with Crippen molar-refractivity contribution in [1.82, 2.24) is 0 Å². The van der Waals surface area contributed by atoms with E-state index in [9.17, 15) is 0 Å². The van der Waals surface area contributed by atoms with Gasteiger partial charge in [-0.3, -0.25) is 0 Å². The third kappa shape index (κ3) is 25.4. The molecular weight excluding hydrogens is 210 g/mol. The zero-order chi connectivity index (χ0) is 3.58. The summed E-state index contributed by atoms with van der Waals surface area (Å²) in [5.74, 6) is -1.20. The van der Waals surface area contributed by atoms with Gasteiger partial charge in [0.15, 0.2) is 5.98 Å². The minimum atomic E-state index is -1.20. The molecule has 0 aliphatic heterocycles. The third-order valence-corrected chi connectivity index (χ3v) is 0. The van der Waals surface area contributed by atoms with Gasteiger partial charge in [-0.15, -0.1) is 0 Å². The van der Waals surface area contributed by atoms with Crippen molar-refractivity contribution >= 4 is 57.3 Å². The van der Waals surface area contributed by atoms with Crippen LogP contribution in [0.3, 0.4) is 0 Å².